The van der Waals surface area contributed by atoms with Crippen LogP contribution in [0.15, 0.2) is 53.4 Å². The largest absolute Gasteiger partial charge is 0.492 e. The number of carbonyl (C=O) groups is 1. The van der Waals surface area contributed by atoms with E-state index in [1.165, 1.54) is 20.7 Å². The summed E-state index contributed by atoms with van der Waals surface area (Å²) in [6.45, 7) is 2.82. The monoisotopic (exact) mass is 523 g/mol. The molecule has 12 heteroatoms. The Labute approximate surface area is 205 Å². The van der Waals surface area contributed by atoms with Crippen molar-refractivity contribution in [2.45, 2.75) is 30.8 Å². The minimum Gasteiger partial charge on any atom is -0.492 e. The molecule has 4 rings (SSSR count). The molecule has 0 unspecified atom stereocenters. The summed E-state index contributed by atoms with van der Waals surface area (Å²) in [5.74, 6) is 0.257. The number of ether oxygens (including phenoxy) is 2. The van der Waals surface area contributed by atoms with E-state index in [0.717, 1.165) is 12.8 Å². The van der Waals surface area contributed by atoms with Gasteiger partial charge in [0.05, 0.1) is 29.4 Å². The molecule has 1 saturated heterocycles. The Morgan fingerprint density at radius 3 is 2.43 bits per heavy atom. The number of hydrogen-bond donors (Lipinski definition) is 1. The average Bonchev–Trinajstić information content (AvgIpc) is 3.42. The Hall–Kier alpha value is -2.83. The predicted molar refractivity (Wildman–Crippen MR) is 131 cm³/mol. The van der Waals surface area contributed by atoms with E-state index in [9.17, 15) is 21.6 Å². The van der Waals surface area contributed by atoms with Crippen LogP contribution in [0.1, 0.15) is 19.8 Å². The number of anilines is 1. The molecule has 2 aromatic carbocycles. The molecule has 2 aliphatic heterocycles. The van der Waals surface area contributed by atoms with Crippen molar-refractivity contribution in [1.82, 2.24) is 9.62 Å². The second-order valence-corrected chi connectivity index (χ2v) is 12.3. The van der Waals surface area contributed by atoms with Gasteiger partial charge < -0.3 is 14.8 Å². The normalized spacial score (nSPS) is 18.5. The lowest BCUT2D eigenvalue weighted by Gasteiger charge is -2.34. The zero-order valence-corrected chi connectivity index (χ0v) is 21.1. The molecule has 35 heavy (non-hydrogen) atoms. The van der Waals surface area contributed by atoms with E-state index in [0.29, 0.717) is 30.3 Å². The minimum atomic E-state index is -3.58. The second kappa shape index (κ2) is 10.4. The summed E-state index contributed by atoms with van der Waals surface area (Å²) in [5, 5.41) is 2.70. The van der Waals surface area contributed by atoms with Crippen molar-refractivity contribution in [2.24, 2.45) is 0 Å². The van der Waals surface area contributed by atoms with Gasteiger partial charge in [-0.2, -0.15) is 4.31 Å². The van der Waals surface area contributed by atoms with Crippen molar-refractivity contribution in [3.8, 4) is 11.5 Å². The first-order valence-electron chi connectivity index (χ1n) is 11.5. The summed E-state index contributed by atoms with van der Waals surface area (Å²) < 4.78 is 64.3. The minimum absolute atomic E-state index is 0.0956. The van der Waals surface area contributed by atoms with Gasteiger partial charge in [-0.05, 0) is 56.2 Å². The smallest absolute Gasteiger partial charge is 0.263 e. The topological polar surface area (TPSA) is 122 Å². The molecule has 10 nitrogen and oxygen atoms in total. The first-order chi connectivity index (χ1) is 16.7. The van der Waals surface area contributed by atoms with Crippen molar-refractivity contribution in [3.05, 3.63) is 48.5 Å². The summed E-state index contributed by atoms with van der Waals surface area (Å²) in [6, 6.07) is 12.9. The van der Waals surface area contributed by atoms with E-state index < -0.39 is 32.1 Å². The van der Waals surface area contributed by atoms with Crippen molar-refractivity contribution in [3.63, 3.8) is 0 Å². The molecule has 2 heterocycles. The maximum atomic E-state index is 12.7. The molecule has 1 amide bonds. The van der Waals surface area contributed by atoms with Crippen LogP contribution in [-0.4, -0.2) is 71.7 Å². The van der Waals surface area contributed by atoms with Crippen LogP contribution in [0.3, 0.4) is 0 Å². The number of sulfonamides is 2. The van der Waals surface area contributed by atoms with Gasteiger partial charge in [0.2, 0.25) is 20.0 Å². The van der Waals surface area contributed by atoms with E-state index in [-0.39, 0.29) is 30.3 Å². The molecule has 2 aromatic rings. The number of para-hydroxylation sites is 2. The van der Waals surface area contributed by atoms with Crippen LogP contribution in [0.25, 0.3) is 0 Å². The number of rotatable bonds is 9. The van der Waals surface area contributed by atoms with Crippen LogP contribution in [-0.2, 0) is 24.8 Å². The molecule has 0 bridgehead atoms. The fraction of sp³-hybridized carbons (Fsp3) is 0.435. The zero-order chi connectivity index (χ0) is 25.1. The number of benzene rings is 2. The van der Waals surface area contributed by atoms with Gasteiger partial charge in [-0.3, -0.25) is 9.10 Å². The SMILES string of the molecule is CCS(=O)(=O)N1C[C@@H](C(=O)NCCOc2ccc(S(=O)(=O)N3CCCC3)cc2)Oc2ccccc21. The molecule has 1 atom stereocenters. The van der Waals surface area contributed by atoms with Crippen molar-refractivity contribution >= 4 is 31.6 Å². The lowest BCUT2D eigenvalue weighted by atomic mass is 10.2. The molecule has 0 aromatic heterocycles. The zero-order valence-electron chi connectivity index (χ0n) is 19.4. The highest BCUT2D eigenvalue weighted by atomic mass is 32.2. The highest BCUT2D eigenvalue weighted by Gasteiger charge is 2.35. The molecular formula is C23H29N3O7S2. The van der Waals surface area contributed by atoms with E-state index in [1.54, 1.807) is 43.3 Å². The molecule has 0 radical (unpaired) electrons. The molecular weight excluding hydrogens is 494 g/mol. The van der Waals surface area contributed by atoms with Gasteiger partial charge in [0.1, 0.15) is 18.1 Å². The van der Waals surface area contributed by atoms with E-state index in [2.05, 4.69) is 5.32 Å². The van der Waals surface area contributed by atoms with E-state index in [1.807, 2.05) is 0 Å². The first kappa shape index (κ1) is 25.3. The molecule has 2 aliphatic rings. The lowest BCUT2D eigenvalue weighted by molar-refractivity contribution is -0.127. The van der Waals surface area contributed by atoms with Gasteiger partial charge in [0.15, 0.2) is 6.10 Å². The third-order valence-electron chi connectivity index (χ3n) is 5.92. The maximum Gasteiger partial charge on any atom is 0.263 e. The second-order valence-electron chi connectivity index (χ2n) is 8.23. The molecule has 1 fully saturated rings. The fourth-order valence-electron chi connectivity index (χ4n) is 4.00. The van der Waals surface area contributed by atoms with Crippen molar-refractivity contribution in [2.75, 3.05) is 42.8 Å². The van der Waals surface area contributed by atoms with E-state index in [4.69, 9.17) is 9.47 Å². The fourth-order valence-corrected chi connectivity index (χ4v) is 6.64. The summed E-state index contributed by atoms with van der Waals surface area (Å²) in [6.07, 6.45) is 0.745. The van der Waals surface area contributed by atoms with Gasteiger partial charge in [-0.1, -0.05) is 12.1 Å². The quantitative estimate of drug-likeness (QED) is 0.495. The summed E-state index contributed by atoms with van der Waals surface area (Å²) in [7, 11) is -7.06. The van der Waals surface area contributed by atoms with Crippen LogP contribution in [0, 0.1) is 0 Å². The average molecular weight is 524 g/mol. The summed E-state index contributed by atoms with van der Waals surface area (Å²) in [4.78, 5) is 12.9. The molecule has 1 N–H and O–H groups in total. The molecule has 190 valence electrons. The number of amides is 1. The van der Waals surface area contributed by atoms with E-state index >= 15 is 0 Å². The Bertz CT molecular complexity index is 1260. The molecule has 0 aliphatic carbocycles. The number of fused-ring (bicyclic) bond motifs is 1. The highest BCUT2D eigenvalue weighted by Crippen LogP contribution is 2.35. The van der Waals surface area contributed by atoms with Gasteiger partial charge in [0, 0.05) is 13.1 Å². The van der Waals surface area contributed by atoms with Gasteiger partial charge in [-0.15, -0.1) is 0 Å². The summed E-state index contributed by atoms with van der Waals surface area (Å²) in [5.41, 5.74) is 0.414. The van der Waals surface area contributed by atoms with Crippen molar-refractivity contribution in [1.29, 1.82) is 0 Å². The lowest BCUT2D eigenvalue weighted by Crippen LogP contribution is -2.51. The third kappa shape index (κ3) is 5.54. The number of nitrogens with zero attached hydrogens (tertiary/aromatic N) is 2. The standard InChI is InChI=1S/C23H29N3O7S2/c1-2-34(28,29)26-17-22(33-21-8-4-3-7-20(21)26)23(27)24-13-16-32-18-9-11-19(12-10-18)35(30,31)25-14-5-6-15-25/h3-4,7-12,22H,2,5-6,13-17H2,1H3,(H,24,27)/t22-/m0/s1. The first-order valence-corrected chi connectivity index (χ1v) is 14.5. The number of carbonyl (C=O) groups excluding carboxylic acids is 1. The molecule has 0 spiro atoms. The third-order valence-corrected chi connectivity index (χ3v) is 9.58. The highest BCUT2D eigenvalue weighted by molar-refractivity contribution is 7.92. The van der Waals surface area contributed by atoms with Crippen LogP contribution < -0.4 is 19.1 Å². The predicted octanol–water partition coefficient (Wildman–Crippen LogP) is 1.58. The van der Waals surface area contributed by atoms with Crippen LogP contribution in [0.4, 0.5) is 5.69 Å². The summed E-state index contributed by atoms with van der Waals surface area (Å²) >= 11 is 0. The maximum absolute atomic E-state index is 12.7. The Kier molecular flexibility index (Phi) is 7.53. The number of nitrogens with one attached hydrogen (secondary N) is 1. The van der Waals surface area contributed by atoms with Crippen LogP contribution in [0.2, 0.25) is 0 Å². The Balaban J connectivity index is 1.30. The van der Waals surface area contributed by atoms with Crippen molar-refractivity contribution < 1.29 is 31.1 Å². The van der Waals surface area contributed by atoms with Gasteiger partial charge in [0.25, 0.3) is 5.91 Å². The van der Waals surface area contributed by atoms with Crippen LogP contribution in [0.5, 0.6) is 11.5 Å². The number of hydrogen-bond acceptors (Lipinski definition) is 7. The Morgan fingerprint density at radius 1 is 1.06 bits per heavy atom. The van der Waals surface area contributed by atoms with Gasteiger partial charge in [-0.25, -0.2) is 16.8 Å². The van der Waals surface area contributed by atoms with Gasteiger partial charge >= 0.3 is 0 Å². The Morgan fingerprint density at radius 2 is 1.74 bits per heavy atom. The molecule has 0 saturated carbocycles. The van der Waals surface area contributed by atoms with Crippen LogP contribution >= 0.6 is 0 Å².